The van der Waals surface area contributed by atoms with Gasteiger partial charge in [0, 0.05) is 24.8 Å². The summed E-state index contributed by atoms with van der Waals surface area (Å²) in [5.41, 5.74) is 1.45. The van der Waals surface area contributed by atoms with Crippen LogP contribution in [0.4, 0.5) is 0 Å². The van der Waals surface area contributed by atoms with Crippen LogP contribution >= 0.6 is 22.6 Å². The molecule has 4 heteroatoms. The van der Waals surface area contributed by atoms with Crippen LogP contribution in [0, 0.1) is 15.5 Å². The number of hydrogen-bond acceptors (Lipinski definition) is 2. The molecule has 3 rings (SSSR count). The predicted octanol–water partition coefficient (Wildman–Crippen LogP) is 3.21. The fourth-order valence-corrected chi connectivity index (χ4v) is 4.01. The molecule has 0 aromatic carbocycles. The summed E-state index contributed by atoms with van der Waals surface area (Å²) in [6.07, 6.45) is 2.99. The third-order valence-electron chi connectivity index (χ3n) is 4.30. The highest BCUT2D eigenvalue weighted by molar-refractivity contribution is 14.1. The van der Waals surface area contributed by atoms with Crippen molar-refractivity contribution in [2.75, 3.05) is 7.11 Å². The topological polar surface area (TPSA) is 27.1 Å². The van der Waals surface area contributed by atoms with Gasteiger partial charge in [0.25, 0.3) is 0 Å². The fourth-order valence-electron chi connectivity index (χ4n) is 3.46. The van der Waals surface area contributed by atoms with Crippen molar-refractivity contribution in [3.8, 4) is 0 Å². The first-order valence-electron chi connectivity index (χ1n) is 6.39. The molecule has 0 spiro atoms. The van der Waals surface area contributed by atoms with Gasteiger partial charge in [0.2, 0.25) is 0 Å². The van der Waals surface area contributed by atoms with Gasteiger partial charge < -0.3 is 4.74 Å². The van der Waals surface area contributed by atoms with Crippen molar-refractivity contribution < 1.29 is 4.74 Å². The van der Waals surface area contributed by atoms with Gasteiger partial charge >= 0.3 is 0 Å². The van der Waals surface area contributed by atoms with Gasteiger partial charge in [-0.2, -0.15) is 5.10 Å². The van der Waals surface area contributed by atoms with Gasteiger partial charge in [0.05, 0.1) is 6.10 Å². The third-order valence-corrected chi connectivity index (χ3v) is 4.83. The van der Waals surface area contributed by atoms with Crippen LogP contribution in [0.5, 0.6) is 0 Å². The standard InChI is InChI=1S/C13H19IN2O/c1-7(2)16-11(6-12(14)15-16)13-9-4-8(17-3)5-10(9)13/h6-10,13H,4-5H2,1-3H3/t8?,9-,10+,13?. The molecule has 0 amide bonds. The van der Waals surface area contributed by atoms with Crippen molar-refractivity contribution >= 4 is 22.6 Å². The van der Waals surface area contributed by atoms with Gasteiger partial charge in [0.1, 0.15) is 3.70 Å². The lowest BCUT2D eigenvalue weighted by molar-refractivity contribution is 0.0961. The molecule has 2 aliphatic carbocycles. The Bertz CT molecular complexity index is 417. The number of halogens is 1. The van der Waals surface area contributed by atoms with Crippen molar-refractivity contribution in [3.05, 3.63) is 15.5 Å². The summed E-state index contributed by atoms with van der Waals surface area (Å²) in [7, 11) is 1.84. The van der Waals surface area contributed by atoms with E-state index in [-0.39, 0.29) is 0 Å². The molecule has 0 saturated heterocycles. The number of nitrogens with zero attached hydrogens (tertiary/aromatic N) is 2. The van der Waals surface area contributed by atoms with Gasteiger partial charge in [-0.3, -0.25) is 4.68 Å². The number of fused-ring (bicyclic) bond motifs is 1. The molecule has 0 radical (unpaired) electrons. The van der Waals surface area contributed by atoms with Crippen LogP contribution in [-0.4, -0.2) is 23.0 Å². The summed E-state index contributed by atoms with van der Waals surface area (Å²) in [5.74, 6) is 2.45. The van der Waals surface area contributed by atoms with Gasteiger partial charge in [-0.25, -0.2) is 0 Å². The van der Waals surface area contributed by atoms with Crippen molar-refractivity contribution in [1.82, 2.24) is 9.78 Å². The fraction of sp³-hybridized carbons (Fsp3) is 0.769. The maximum absolute atomic E-state index is 5.46. The SMILES string of the molecule is COC1C[C@@H]2C(c3cc(I)nn3C(C)C)[C@@H]2C1. The van der Waals surface area contributed by atoms with E-state index in [0.717, 1.165) is 21.5 Å². The van der Waals surface area contributed by atoms with E-state index in [1.165, 1.54) is 18.5 Å². The lowest BCUT2D eigenvalue weighted by atomic mass is 10.1. The van der Waals surface area contributed by atoms with Crippen molar-refractivity contribution in [3.63, 3.8) is 0 Å². The summed E-state index contributed by atoms with van der Waals surface area (Å²) in [6, 6.07) is 2.74. The normalized spacial score (nSPS) is 35.4. The monoisotopic (exact) mass is 346 g/mol. The minimum Gasteiger partial charge on any atom is -0.381 e. The first-order chi connectivity index (χ1) is 8.11. The molecule has 2 unspecified atom stereocenters. The van der Waals surface area contributed by atoms with E-state index in [9.17, 15) is 0 Å². The van der Waals surface area contributed by atoms with E-state index in [1.54, 1.807) is 0 Å². The van der Waals surface area contributed by atoms with Crippen LogP contribution in [0.25, 0.3) is 0 Å². The number of hydrogen-bond donors (Lipinski definition) is 0. The molecule has 1 aromatic rings. The third kappa shape index (κ3) is 1.93. The maximum atomic E-state index is 5.46. The predicted molar refractivity (Wildman–Crippen MR) is 75.1 cm³/mol. The van der Waals surface area contributed by atoms with Gasteiger partial charge in [-0.1, -0.05) is 0 Å². The zero-order valence-corrected chi connectivity index (χ0v) is 12.7. The first kappa shape index (κ1) is 12.0. The quantitative estimate of drug-likeness (QED) is 0.786. The van der Waals surface area contributed by atoms with Gasteiger partial charge in [0.15, 0.2) is 0 Å². The Morgan fingerprint density at radius 2 is 2.06 bits per heavy atom. The molecule has 0 aliphatic heterocycles. The molecule has 2 fully saturated rings. The highest BCUT2D eigenvalue weighted by atomic mass is 127. The second-order valence-electron chi connectivity index (χ2n) is 5.61. The Morgan fingerprint density at radius 1 is 1.41 bits per heavy atom. The maximum Gasteiger partial charge on any atom is 0.123 e. The molecule has 0 bridgehead atoms. The summed E-state index contributed by atoms with van der Waals surface area (Å²) in [6.45, 7) is 4.42. The number of aromatic nitrogens is 2. The van der Waals surface area contributed by atoms with E-state index in [4.69, 9.17) is 4.74 Å². The molecule has 0 N–H and O–H groups in total. The Hall–Kier alpha value is -0.100. The van der Waals surface area contributed by atoms with Crippen LogP contribution < -0.4 is 0 Å². The molecule has 4 atom stereocenters. The van der Waals surface area contributed by atoms with Crippen molar-refractivity contribution in [2.24, 2.45) is 11.8 Å². The lowest BCUT2D eigenvalue weighted by Crippen LogP contribution is -2.12. The zero-order chi connectivity index (χ0) is 12.2. The van der Waals surface area contributed by atoms with E-state index in [0.29, 0.717) is 12.1 Å². The average Bonchev–Trinajstić information content (AvgIpc) is 2.66. The molecule has 2 aliphatic rings. The molecular formula is C13H19IN2O. The molecule has 17 heavy (non-hydrogen) atoms. The molecule has 1 heterocycles. The highest BCUT2D eigenvalue weighted by Crippen LogP contribution is 2.63. The second kappa shape index (κ2) is 4.23. The smallest absolute Gasteiger partial charge is 0.123 e. The summed E-state index contributed by atoms with van der Waals surface area (Å²) < 4.78 is 8.79. The minimum atomic E-state index is 0.466. The van der Waals surface area contributed by atoms with E-state index >= 15 is 0 Å². The summed E-state index contributed by atoms with van der Waals surface area (Å²) in [5, 5.41) is 4.61. The first-order valence-corrected chi connectivity index (χ1v) is 7.47. The Morgan fingerprint density at radius 3 is 2.59 bits per heavy atom. The van der Waals surface area contributed by atoms with Gasteiger partial charge in [-0.05, 0) is 67.2 Å². The van der Waals surface area contributed by atoms with Crippen molar-refractivity contribution in [1.29, 1.82) is 0 Å². The van der Waals surface area contributed by atoms with Crippen LogP contribution in [0.1, 0.15) is 44.3 Å². The van der Waals surface area contributed by atoms with Crippen molar-refractivity contribution in [2.45, 2.75) is 44.8 Å². The molecular weight excluding hydrogens is 327 g/mol. The zero-order valence-electron chi connectivity index (χ0n) is 10.6. The molecule has 1 aromatic heterocycles. The number of methoxy groups -OCH3 is 1. The van der Waals surface area contributed by atoms with Crippen LogP contribution in [0.15, 0.2) is 6.07 Å². The molecule has 94 valence electrons. The number of ether oxygens (including phenoxy) is 1. The summed E-state index contributed by atoms with van der Waals surface area (Å²) >= 11 is 2.32. The Balaban J connectivity index is 1.80. The van der Waals surface area contributed by atoms with Crippen LogP contribution in [0.2, 0.25) is 0 Å². The number of rotatable bonds is 3. The molecule has 3 nitrogen and oxygen atoms in total. The summed E-state index contributed by atoms with van der Waals surface area (Å²) in [4.78, 5) is 0. The van der Waals surface area contributed by atoms with Gasteiger partial charge in [-0.15, -0.1) is 0 Å². The Labute approximate surface area is 116 Å². The second-order valence-corrected chi connectivity index (χ2v) is 6.72. The highest BCUT2D eigenvalue weighted by Gasteiger charge is 2.57. The largest absolute Gasteiger partial charge is 0.381 e. The Kier molecular flexibility index (Phi) is 2.97. The average molecular weight is 346 g/mol. The van der Waals surface area contributed by atoms with E-state index < -0.39 is 0 Å². The van der Waals surface area contributed by atoms with E-state index in [1.807, 2.05) is 7.11 Å². The van der Waals surface area contributed by atoms with Crippen LogP contribution in [-0.2, 0) is 4.74 Å². The molecule has 2 saturated carbocycles. The van der Waals surface area contributed by atoms with Crippen LogP contribution in [0.3, 0.4) is 0 Å². The van der Waals surface area contributed by atoms with E-state index in [2.05, 4.69) is 52.3 Å². The minimum absolute atomic E-state index is 0.466. The lowest BCUT2D eigenvalue weighted by Gasteiger charge is -2.15.